The number of nitrogens with one attached hydrogen (secondary N) is 1. The summed E-state index contributed by atoms with van der Waals surface area (Å²) in [5.74, 6) is 0.931. The summed E-state index contributed by atoms with van der Waals surface area (Å²) in [5, 5.41) is 3.49. The molecule has 0 aliphatic carbocycles. The molecular formula is C18H21NOS2. The van der Waals surface area contributed by atoms with Crippen LogP contribution in [0.5, 0.6) is 0 Å². The summed E-state index contributed by atoms with van der Waals surface area (Å²) in [6.07, 6.45) is 0. The van der Waals surface area contributed by atoms with Gasteiger partial charge < -0.3 is 5.32 Å². The minimum absolute atomic E-state index is 0.0482. The molecule has 22 heavy (non-hydrogen) atoms. The third-order valence-electron chi connectivity index (χ3n) is 2.93. The summed E-state index contributed by atoms with van der Waals surface area (Å²) < 4.78 is 0. The zero-order valence-corrected chi connectivity index (χ0v) is 14.8. The van der Waals surface area contributed by atoms with Gasteiger partial charge in [0.2, 0.25) is 0 Å². The Morgan fingerprint density at radius 3 is 2.36 bits per heavy atom. The zero-order chi connectivity index (χ0) is 15.9. The van der Waals surface area contributed by atoms with Gasteiger partial charge in [-0.25, -0.2) is 0 Å². The molecule has 0 aliphatic heterocycles. The van der Waals surface area contributed by atoms with Crippen molar-refractivity contribution in [3.63, 3.8) is 0 Å². The molecule has 0 fully saturated rings. The lowest BCUT2D eigenvalue weighted by molar-refractivity contribution is 0.102. The monoisotopic (exact) mass is 331 g/mol. The van der Waals surface area contributed by atoms with Gasteiger partial charge in [0, 0.05) is 15.0 Å². The molecule has 0 unspecified atom stereocenters. The van der Waals surface area contributed by atoms with Crippen LogP contribution in [0.15, 0.2) is 58.3 Å². The number of benzene rings is 2. The van der Waals surface area contributed by atoms with E-state index in [9.17, 15) is 4.79 Å². The topological polar surface area (TPSA) is 29.1 Å². The molecule has 0 bridgehead atoms. The highest BCUT2D eigenvalue weighted by Gasteiger charge is 2.14. The van der Waals surface area contributed by atoms with E-state index in [1.54, 1.807) is 23.5 Å². The molecule has 0 saturated carbocycles. The summed E-state index contributed by atoms with van der Waals surface area (Å²) in [5.41, 5.74) is 1.61. The molecule has 0 aliphatic rings. The number of hydrogen-bond donors (Lipinski definition) is 1. The van der Waals surface area contributed by atoms with Gasteiger partial charge in [0.1, 0.15) is 0 Å². The van der Waals surface area contributed by atoms with E-state index in [0.717, 1.165) is 26.8 Å². The Labute approximate surface area is 141 Å². The third-order valence-corrected chi connectivity index (χ3v) is 4.97. The molecule has 0 atom stereocenters. The van der Waals surface area contributed by atoms with Crippen molar-refractivity contribution >= 4 is 35.1 Å². The number of carbonyl (C=O) groups is 1. The molecular weight excluding hydrogens is 310 g/mol. The summed E-state index contributed by atoms with van der Waals surface area (Å²) >= 11 is 3.45. The quantitative estimate of drug-likeness (QED) is 0.703. The maximum absolute atomic E-state index is 12.6. The molecule has 1 N–H and O–H groups in total. The Morgan fingerprint density at radius 1 is 1.05 bits per heavy atom. The summed E-state index contributed by atoms with van der Waals surface area (Å²) in [6.45, 7) is 6.37. The molecule has 0 radical (unpaired) electrons. The Kier molecular flexibility index (Phi) is 6.40. The Morgan fingerprint density at radius 2 is 1.68 bits per heavy atom. The lowest BCUT2D eigenvalue weighted by Gasteiger charge is -2.13. The molecule has 0 spiro atoms. The van der Waals surface area contributed by atoms with Crippen LogP contribution >= 0.6 is 23.5 Å². The van der Waals surface area contributed by atoms with Crippen LogP contribution < -0.4 is 5.32 Å². The van der Waals surface area contributed by atoms with Crippen LogP contribution in [-0.4, -0.2) is 16.9 Å². The minimum Gasteiger partial charge on any atom is -0.321 e. The van der Waals surface area contributed by atoms with Crippen LogP contribution in [0, 0.1) is 0 Å². The molecule has 2 aromatic carbocycles. The normalized spacial score (nSPS) is 10.7. The van der Waals surface area contributed by atoms with Crippen LogP contribution in [-0.2, 0) is 0 Å². The van der Waals surface area contributed by atoms with E-state index in [4.69, 9.17) is 0 Å². The highest BCUT2D eigenvalue weighted by Crippen LogP contribution is 2.30. The van der Waals surface area contributed by atoms with Crippen molar-refractivity contribution in [1.82, 2.24) is 0 Å². The van der Waals surface area contributed by atoms with Gasteiger partial charge in [-0.2, -0.15) is 0 Å². The zero-order valence-electron chi connectivity index (χ0n) is 13.1. The van der Waals surface area contributed by atoms with Crippen LogP contribution in [0.1, 0.15) is 31.1 Å². The van der Waals surface area contributed by atoms with E-state index in [0.29, 0.717) is 5.25 Å². The predicted octanol–water partition coefficient (Wildman–Crippen LogP) is 5.55. The summed E-state index contributed by atoms with van der Waals surface area (Å²) in [4.78, 5) is 14.8. The Balaban J connectivity index is 2.23. The van der Waals surface area contributed by atoms with Crippen molar-refractivity contribution in [1.29, 1.82) is 0 Å². The second-order valence-corrected chi connectivity index (χ2v) is 7.97. The molecule has 0 heterocycles. The van der Waals surface area contributed by atoms with Gasteiger partial charge in [-0.05, 0) is 30.0 Å². The van der Waals surface area contributed by atoms with Gasteiger partial charge >= 0.3 is 0 Å². The minimum atomic E-state index is -0.0482. The number of anilines is 1. The highest BCUT2D eigenvalue weighted by atomic mass is 32.2. The van der Waals surface area contributed by atoms with Gasteiger partial charge in [0.05, 0.1) is 11.3 Å². The highest BCUT2D eigenvalue weighted by molar-refractivity contribution is 8.00. The summed E-state index contributed by atoms with van der Waals surface area (Å²) in [7, 11) is 0. The van der Waals surface area contributed by atoms with Gasteiger partial charge in [-0.1, -0.05) is 45.0 Å². The van der Waals surface area contributed by atoms with E-state index in [2.05, 4.69) is 26.1 Å². The van der Waals surface area contributed by atoms with E-state index < -0.39 is 0 Å². The van der Waals surface area contributed by atoms with E-state index in [1.165, 1.54) is 0 Å². The summed E-state index contributed by atoms with van der Waals surface area (Å²) in [6, 6.07) is 15.7. The lowest BCUT2D eigenvalue weighted by Crippen LogP contribution is -2.14. The SMILES string of the molecule is CCSc1ccccc1NC(=O)c1ccccc1SC(C)C. The first-order chi connectivity index (χ1) is 10.6. The molecule has 0 saturated heterocycles. The standard InChI is InChI=1S/C18H21NOS2/c1-4-21-17-12-8-6-10-15(17)19-18(20)14-9-5-7-11-16(14)22-13(2)3/h5-13H,4H2,1-3H3,(H,19,20). The van der Waals surface area contributed by atoms with Crippen molar-refractivity contribution in [3.8, 4) is 0 Å². The fourth-order valence-corrected chi connectivity index (χ4v) is 3.76. The van der Waals surface area contributed by atoms with E-state index >= 15 is 0 Å². The molecule has 1 amide bonds. The van der Waals surface area contributed by atoms with Crippen molar-refractivity contribution in [2.75, 3.05) is 11.1 Å². The van der Waals surface area contributed by atoms with Crippen molar-refractivity contribution in [2.45, 2.75) is 35.8 Å². The number of carbonyl (C=O) groups excluding carboxylic acids is 1. The number of hydrogen-bond acceptors (Lipinski definition) is 3. The van der Waals surface area contributed by atoms with Gasteiger partial charge in [0.25, 0.3) is 5.91 Å². The average molecular weight is 332 g/mol. The third kappa shape index (κ3) is 4.55. The van der Waals surface area contributed by atoms with E-state index in [1.807, 2.05) is 48.5 Å². The smallest absolute Gasteiger partial charge is 0.256 e. The predicted molar refractivity (Wildman–Crippen MR) is 98.2 cm³/mol. The van der Waals surface area contributed by atoms with Crippen LogP contribution in [0.3, 0.4) is 0 Å². The van der Waals surface area contributed by atoms with Gasteiger partial charge in [0.15, 0.2) is 0 Å². The maximum atomic E-state index is 12.6. The first-order valence-electron chi connectivity index (χ1n) is 7.40. The van der Waals surface area contributed by atoms with Crippen LogP contribution in [0.2, 0.25) is 0 Å². The first kappa shape index (κ1) is 17.0. The van der Waals surface area contributed by atoms with E-state index in [-0.39, 0.29) is 5.91 Å². The second kappa shape index (κ2) is 8.30. The molecule has 2 aromatic rings. The van der Waals surface area contributed by atoms with Crippen LogP contribution in [0.25, 0.3) is 0 Å². The molecule has 116 valence electrons. The largest absolute Gasteiger partial charge is 0.321 e. The molecule has 2 rings (SSSR count). The number of rotatable bonds is 6. The molecule has 4 heteroatoms. The first-order valence-corrected chi connectivity index (χ1v) is 9.27. The molecule has 2 nitrogen and oxygen atoms in total. The number of thioether (sulfide) groups is 2. The average Bonchev–Trinajstić information content (AvgIpc) is 2.49. The van der Waals surface area contributed by atoms with Crippen LogP contribution in [0.4, 0.5) is 5.69 Å². The van der Waals surface area contributed by atoms with Crippen molar-refractivity contribution < 1.29 is 4.79 Å². The molecule has 0 aromatic heterocycles. The van der Waals surface area contributed by atoms with Crippen molar-refractivity contribution in [2.24, 2.45) is 0 Å². The fourth-order valence-electron chi connectivity index (χ4n) is 2.05. The maximum Gasteiger partial charge on any atom is 0.256 e. The Bertz CT molecular complexity index is 640. The number of para-hydroxylation sites is 1. The Hall–Kier alpha value is -1.39. The fraction of sp³-hybridized carbons (Fsp3) is 0.278. The van der Waals surface area contributed by atoms with Crippen molar-refractivity contribution in [3.05, 3.63) is 54.1 Å². The second-order valence-electron chi connectivity index (χ2n) is 5.05. The lowest BCUT2D eigenvalue weighted by atomic mass is 10.2. The van der Waals surface area contributed by atoms with Gasteiger partial charge in [-0.15, -0.1) is 23.5 Å². The van der Waals surface area contributed by atoms with Gasteiger partial charge in [-0.3, -0.25) is 4.79 Å². The number of amides is 1.